The van der Waals surface area contributed by atoms with Gasteiger partial charge in [-0.15, -0.1) is 0 Å². The normalized spacial score (nSPS) is 11.1. The van der Waals surface area contributed by atoms with Crippen molar-refractivity contribution in [2.24, 2.45) is 0 Å². The van der Waals surface area contributed by atoms with Crippen LogP contribution in [0.4, 0.5) is 0 Å². The van der Waals surface area contributed by atoms with E-state index in [0.717, 1.165) is 0 Å². The second kappa shape index (κ2) is 12.8. The van der Waals surface area contributed by atoms with Gasteiger partial charge in [-0.1, -0.05) is 13.8 Å². The van der Waals surface area contributed by atoms with Crippen LogP contribution >= 0.6 is 12.9 Å². The molecule has 0 spiro atoms. The summed E-state index contributed by atoms with van der Waals surface area (Å²) in [5.41, 5.74) is 0. The molecule has 82 valence electrons. The molecule has 0 aliphatic heterocycles. The Bertz CT molecular complexity index is 132. The van der Waals surface area contributed by atoms with Crippen molar-refractivity contribution in [3.05, 3.63) is 0 Å². The smallest absolute Gasteiger partial charge is 0.211 e. The Balaban J connectivity index is 0. The van der Waals surface area contributed by atoms with Crippen molar-refractivity contribution in [3.63, 3.8) is 0 Å². The van der Waals surface area contributed by atoms with Crippen LogP contribution in [0.1, 0.15) is 13.8 Å². The predicted molar refractivity (Wildman–Crippen MR) is 60.7 cm³/mol. The Morgan fingerprint density at radius 3 is 2.43 bits per heavy atom. The standard InChI is InChI=1S/C6H12BNO3S.C2H6/c1-10-3-5(4-11-12)8-6(9)2-7;1-2/h5,12H,2-4H2,1H3,(H,8,9);1-2H3. The maximum Gasteiger partial charge on any atom is 0.211 e. The lowest BCUT2D eigenvalue weighted by molar-refractivity contribution is -0.120. The zero-order chi connectivity index (χ0) is 11.4. The third-order valence-electron chi connectivity index (χ3n) is 1.19. The monoisotopic (exact) mass is 219 g/mol. The van der Waals surface area contributed by atoms with Crippen LogP contribution in [0, 0.1) is 0 Å². The van der Waals surface area contributed by atoms with Gasteiger partial charge in [0.2, 0.25) is 5.91 Å². The summed E-state index contributed by atoms with van der Waals surface area (Å²) in [5, 5.41) is 2.61. The molecule has 14 heavy (non-hydrogen) atoms. The van der Waals surface area contributed by atoms with Gasteiger partial charge in [0.15, 0.2) is 0 Å². The molecule has 1 N–H and O–H groups in total. The third-order valence-corrected chi connectivity index (χ3v) is 1.34. The van der Waals surface area contributed by atoms with E-state index in [9.17, 15) is 4.79 Å². The molecule has 1 atom stereocenters. The number of nitrogens with one attached hydrogen (secondary N) is 1. The zero-order valence-corrected chi connectivity index (χ0v) is 9.84. The first-order valence-electron chi connectivity index (χ1n) is 4.49. The highest BCUT2D eigenvalue weighted by Gasteiger charge is 2.09. The van der Waals surface area contributed by atoms with E-state index in [4.69, 9.17) is 12.6 Å². The second-order valence-electron chi connectivity index (χ2n) is 2.22. The fourth-order valence-electron chi connectivity index (χ4n) is 0.709. The Morgan fingerprint density at radius 2 is 2.07 bits per heavy atom. The van der Waals surface area contributed by atoms with Crippen molar-refractivity contribution in [2.45, 2.75) is 26.2 Å². The first kappa shape index (κ1) is 16.2. The lowest BCUT2D eigenvalue weighted by atomic mass is 10.0. The average molecular weight is 219 g/mol. The zero-order valence-electron chi connectivity index (χ0n) is 8.95. The van der Waals surface area contributed by atoms with E-state index in [1.807, 2.05) is 13.8 Å². The van der Waals surface area contributed by atoms with Crippen molar-refractivity contribution in [3.8, 4) is 0 Å². The van der Waals surface area contributed by atoms with Crippen LogP contribution in [0.25, 0.3) is 0 Å². The minimum atomic E-state index is -0.234. The molecule has 0 rings (SSSR count). The molecule has 0 aliphatic rings. The highest BCUT2D eigenvalue weighted by molar-refractivity contribution is 7.75. The molecule has 0 aromatic carbocycles. The van der Waals surface area contributed by atoms with Crippen molar-refractivity contribution in [2.75, 3.05) is 20.3 Å². The van der Waals surface area contributed by atoms with Crippen molar-refractivity contribution in [1.82, 2.24) is 5.32 Å². The number of hydrogen-bond donors (Lipinski definition) is 2. The SMILES string of the molecule is CC.[B]CC(=O)NC(COC)COS. The predicted octanol–water partition coefficient (Wildman–Crippen LogP) is 0.592. The summed E-state index contributed by atoms with van der Waals surface area (Å²) in [6, 6.07) is -0.191. The van der Waals surface area contributed by atoms with E-state index in [1.54, 1.807) is 7.11 Å². The topological polar surface area (TPSA) is 47.6 Å². The summed E-state index contributed by atoms with van der Waals surface area (Å²) in [4.78, 5) is 10.8. The largest absolute Gasteiger partial charge is 0.382 e. The van der Waals surface area contributed by atoms with E-state index >= 15 is 0 Å². The summed E-state index contributed by atoms with van der Waals surface area (Å²) in [5.74, 6) is -0.234. The number of carbonyl (C=O) groups is 1. The van der Waals surface area contributed by atoms with Crippen molar-refractivity contribution in [1.29, 1.82) is 0 Å². The van der Waals surface area contributed by atoms with E-state index in [2.05, 4.69) is 22.4 Å². The number of thiol groups is 1. The molecular weight excluding hydrogens is 201 g/mol. The molecular formula is C8H18BNO3S. The minimum absolute atomic E-state index is 0.0349. The van der Waals surface area contributed by atoms with Crippen LogP contribution in [-0.4, -0.2) is 40.1 Å². The molecule has 0 aromatic rings. The number of rotatable bonds is 6. The number of carbonyl (C=O) groups excluding carboxylic acids is 1. The first-order valence-corrected chi connectivity index (χ1v) is 4.85. The van der Waals surface area contributed by atoms with Crippen molar-refractivity contribution >= 4 is 26.7 Å². The maximum absolute atomic E-state index is 10.8. The van der Waals surface area contributed by atoms with Gasteiger partial charge >= 0.3 is 0 Å². The second-order valence-corrected chi connectivity index (χ2v) is 2.48. The van der Waals surface area contributed by atoms with E-state index in [1.165, 1.54) is 0 Å². The Morgan fingerprint density at radius 1 is 1.50 bits per heavy atom. The molecule has 0 aliphatic carbocycles. The van der Waals surface area contributed by atoms with Gasteiger partial charge in [0.1, 0.15) is 0 Å². The highest BCUT2D eigenvalue weighted by Crippen LogP contribution is 1.90. The van der Waals surface area contributed by atoms with Gasteiger partial charge in [0.25, 0.3) is 0 Å². The number of ether oxygens (including phenoxy) is 1. The van der Waals surface area contributed by atoms with E-state index < -0.39 is 0 Å². The molecule has 0 heterocycles. The fraction of sp³-hybridized carbons (Fsp3) is 0.875. The van der Waals surface area contributed by atoms with Gasteiger partial charge in [-0.25, -0.2) is 0 Å². The Labute approximate surface area is 92.8 Å². The molecule has 0 saturated carbocycles. The van der Waals surface area contributed by atoms with Crippen LogP contribution in [-0.2, 0) is 13.7 Å². The van der Waals surface area contributed by atoms with Crippen LogP contribution < -0.4 is 5.32 Å². The van der Waals surface area contributed by atoms with Gasteiger partial charge in [0, 0.05) is 7.11 Å². The van der Waals surface area contributed by atoms with Crippen LogP contribution in [0.3, 0.4) is 0 Å². The minimum Gasteiger partial charge on any atom is -0.382 e. The molecule has 0 fully saturated rings. The quantitative estimate of drug-likeness (QED) is 0.390. The number of amides is 1. The summed E-state index contributed by atoms with van der Waals surface area (Å²) in [6.07, 6.45) is -0.0349. The maximum atomic E-state index is 10.8. The van der Waals surface area contributed by atoms with Crippen LogP contribution in [0.2, 0.25) is 6.32 Å². The molecule has 6 heteroatoms. The number of hydrogen-bond acceptors (Lipinski definition) is 4. The summed E-state index contributed by atoms with van der Waals surface area (Å²) >= 11 is 3.57. The molecule has 0 saturated heterocycles. The lowest BCUT2D eigenvalue weighted by Gasteiger charge is -2.15. The van der Waals surface area contributed by atoms with Crippen molar-refractivity contribution < 1.29 is 13.7 Å². The molecule has 4 nitrogen and oxygen atoms in total. The fourth-order valence-corrected chi connectivity index (χ4v) is 0.889. The van der Waals surface area contributed by atoms with E-state index in [-0.39, 0.29) is 18.3 Å². The lowest BCUT2D eigenvalue weighted by Crippen LogP contribution is -2.40. The summed E-state index contributed by atoms with van der Waals surface area (Å²) in [6.45, 7) is 4.68. The molecule has 0 bridgehead atoms. The Hall–Kier alpha value is -0.195. The van der Waals surface area contributed by atoms with E-state index in [0.29, 0.717) is 13.2 Å². The van der Waals surface area contributed by atoms with Gasteiger partial charge < -0.3 is 14.2 Å². The molecule has 2 radical (unpaired) electrons. The number of methoxy groups -OCH3 is 1. The third kappa shape index (κ3) is 9.89. The van der Waals surface area contributed by atoms with Gasteiger partial charge in [-0.2, -0.15) is 0 Å². The molecule has 0 aromatic heterocycles. The highest BCUT2D eigenvalue weighted by atomic mass is 32.1. The molecule has 1 amide bonds. The Kier molecular flexibility index (Phi) is 14.9. The molecule has 1 unspecified atom stereocenters. The first-order chi connectivity index (χ1) is 6.74. The van der Waals surface area contributed by atoms with Gasteiger partial charge in [-0.3, -0.25) is 4.79 Å². The van der Waals surface area contributed by atoms with Gasteiger partial charge in [-0.05, 0) is 19.2 Å². The van der Waals surface area contributed by atoms with Crippen LogP contribution in [0.15, 0.2) is 0 Å². The van der Waals surface area contributed by atoms with Crippen LogP contribution in [0.5, 0.6) is 0 Å². The summed E-state index contributed by atoms with van der Waals surface area (Å²) in [7, 11) is 6.64. The summed E-state index contributed by atoms with van der Waals surface area (Å²) < 4.78 is 9.39. The van der Waals surface area contributed by atoms with Gasteiger partial charge in [0.05, 0.1) is 27.1 Å². The average Bonchev–Trinajstić information content (AvgIpc) is 2.21.